The quantitative estimate of drug-likeness (QED) is 0.386. The molecule has 4 rings (SSSR count). The SMILES string of the molecule is COc1ccc(-c2oc3ccccc3c(=O)c2OC(=O)c2cccc(Br)c2)cc1. The van der Waals surface area contributed by atoms with Gasteiger partial charge in [0.25, 0.3) is 0 Å². The van der Waals surface area contributed by atoms with Gasteiger partial charge >= 0.3 is 5.97 Å². The van der Waals surface area contributed by atoms with Gasteiger partial charge in [0.15, 0.2) is 5.76 Å². The maximum absolute atomic E-state index is 13.1. The molecule has 1 heterocycles. The van der Waals surface area contributed by atoms with E-state index in [9.17, 15) is 9.59 Å². The van der Waals surface area contributed by atoms with Crippen LogP contribution in [-0.4, -0.2) is 13.1 Å². The third kappa shape index (κ3) is 3.79. The van der Waals surface area contributed by atoms with Crippen molar-refractivity contribution in [2.75, 3.05) is 7.11 Å². The number of halogens is 1. The molecule has 0 aliphatic heterocycles. The van der Waals surface area contributed by atoms with E-state index in [-0.39, 0.29) is 11.5 Å². The summed E-state index contributed by atoms with van der Waals surface area (Å²) < 4.78 is 17.4. The van der Waals surface area contributed by atoms with Crippen molar-refractivity contribution in [2.24, 2.45) is 0 Å². The van der Waals surface area contributed by atoms with Crippen LogP contribution < -0.4 is 14.9 Å². The summed E-state index contributed by atoms with van der Waals surface area (Å²) in [6.45, 7) is 0. The second kappa shape index (κ2) is 7.93. The molecule has 6 heteroatoms. The van der Waals surface area contributed by atoms with Gasteiger partial charge in [-0.3, -0.25) is 4.79 Å². The van der Waals surface area contributed by atoms with E-state index in [0.29, 0.717) is 27.8 Å². The summed E-state index contributed by atoms with van der Waals surface area (Å²) in [6, 6.07) is 20.5. The van der Waals surface area contributed by atoms with Gasteiger partial charge in [-0.05, 0) is 54.6 Å². The molecule has 0 saturated heterocycles. The molecule has 3 aromatic carbocycles. The fourth-order valence-corrected chi connectivity index (χ4v) is 3.32. The van der Waals surface area contributed by atoms with Gasteiger partial charge in [-0.1, -0.05) is 34.1 Å². The van der Waals surface area contributed by atoms with Crippen molar-refractivity contribution in [3.63, 3.8) is 0 Å². The largest absolute Gasteiger partial charge is 0.497 e. The van der Waals surface area contributed by atoms with Crippen LogP contribution in [0.1, 0.15) is 10.4 Å². The lowest BCUT2D eigenvalue weighted by atomic mass is 10.1. The number of carbonyl (C=O) groups excluding carboxylic acids is 1. The Morgan fingerprint density at radius 2 is 1.72 bits per heavy atom. The van der Waals surface area contributed by atoms with E-state index in [1.807, 2.05) is 0 Å². The molecule has 4 aromatic rings. The van der Waals surface area contributed by atoms with Gasteiger partial charge in [-0.15, -0.1) is 0 Å². The molecule has 0 fully saturated rings. The molecule has 0 bridgehead atoms. The zero-order chi connectivity index (χ0) is 20.4. The van der Waals surface area contributed by atoms with Gasteiger partial charge in [0, 0.05) is 10.0 Å². The topological polar surface area (TPSA) is 65.7 Å². The molecule has 29 heavy (non-hydrogen) atoms. The second-order valence-corrected chi connectivity index (χ2v) is 7.13. The van der Waals surface area contributed by atoms with Crippen LogP contribution in [0.25, 0.3) is 22.3 Å². The van der Waals surface area contributed by atoms with E-state index >= 15 is 0 Å². The number of rotatable bonds is 4. The van der Waals surface area contributed by atoms with Gasteiger partial charge < -0.3 is 13.9 Å². The molecule has 1 aromatic heterocycles. The van der Waals surface area contributed by atoms with E-state index in [1.165, 1.54) is 0 Å². The molecule has 0 N–H and O–H groups in total. The molecule has 5 nitrogen and oxygen atoms in total. The number of fused-ring (bicyclic) bond motifs is 1. The Hall–Kier alpha value is -3.38. The van der Waals surface area contributed by atoms with E-state index < -0.39 is 11.4 Å². The first kappa shape index (κ1) is 19.0. The lowest BCUT2D eigenvalue weighted by Crippen LogP contribution is -2.16. The van der Waals surface area contributed by atoms with Crippen molar-refractivity contribution in [1.82, 2.24) is 0 Å². The first-order chi connectivity index (χ1) is 14.1. The number of para-hydroxylation sites is 1. The zero-order valence-corrected chi connectivity index (χ0v) is 16.9. The summed E-state index contributed by atoms with van der Waals surface area (Å²) in [5, 5.41) is 0.335. The summed E-state index contributed by atoms with van der Waals surface area (Å²) >= 11 is 3.33. The predicted octanol–water partition coefficient (Wildman–Crippen LogP) is 5.45. The van der Waals surface area contributed by atoms with Gasteiger partial charge in [-0.25, -0.2) is 4.79 Å². The lowest BCUT2D eigenvalue weighted by molar-refractivity contribution is 0.0731. The van der Waals surface area contributed by atoms with Crippen LogP contribution in [0.4, 0.5) is 0 Å². The van der Waals surface area contributed by atoms with Crippen molar-refractivity contribution in [3.8, 4) is 22.8 Å². The summed E-state index contributed by atoms with van der Waals surface area (Å²) in [5.41, 5.74) is 0.893. The highest BCUT2D eigenvalue weighted by Crippen LogP contribution is 2.32. The summed E-state index contributed by atoms with van der Waals surface area (Å²) in [5.74, 6) is 0.0340. The minimum absolute atomic E-state index is 0.154. The monoisotopic (exact) mass is 450 g/mol. The lowest BCUT2D eigenvalue weighted by Gasteiger charge is -2.11. The predicted molar refractivity (Wildman–Crippen MR) is 114 cm³/mol. The first-order valence-electron chi connectivity index (χ1n) is 8.75. The van der Waals surface area contributed by atoms with E-state index in [1.54, 1.807) is 79.9 Å². The minimum atomic E-state index is -0.649. The highest BCUT2D eigenvalue weighted by molar-refractivity contribution is 9.10. The highest BCUT2D eigenvalue weighted by Gasteiger charge is 2.21. The Morgan fingerprint density at radius 3 is 2.45 bits per heavy atom. The minimum Gasteiger partial charge on any atom is -0.497 e. The Morgan fingerprint density at radius 1 is 0.966 bits per heavy atom. The number of hydrogen-bond acceptors (Lipinski definition) is 5. The van der Waals surface area contributed by atoms with Crippen molar-refractivity contribution < 1.29 is 18.7 Å². The van der Waals surface area contributed by atoms with Crippen LogP contribution >= 0.6 is 15.9 Å². The maximum Gasteiger partial charge on any atom is 0.343 e. The molecule has 0 saturated carbocycles. The smallest absolute Gasteiger partial charge is 0.343 e. The Labute approximate surface area is 174 Å². The third-order valence-corrected chi connectivity index (χ3v) is 4.86. The summed E-state index contributed by atoms with van der Waals surface area (Å²) in [4.78, 5) is 25.8. The zero-order valence-electron chi connectivity index (χ0n) is 15.3. The van der Waals surface area contributed by atoms with Crippen LogP contribution in [0.15, 0.2) is 86.5 Å². The Balaban J connectivity index is 1.87. The van der Waals surface area contributed by atoms with Crippen molar-refractivity contribution >= 4 is 32.9 Å². The molecule has 0 aliphatic rings. The number of benzene rings is 3. The normalized spacial score (nSPS) is 10.7. The number of ether oxygens (including phenoxy) is 2. The average molecular weight is 451 g/mol. The van der Waals surface area contributed by atoms with E-state index in [0.717, 1.165) is 4.47 Å². The van der Waals surface area contributed by atoms with Crippen LogP contribution in [0, 0.1) is 0 Å². The van der Waals surface area contributed by atoms with Gasteiger partial charge in [0.1, 0.15) is 11.3 Å². The molecular weight excluding hydrogens is 436 g/mol. The number of methoxy groups -OCH3 is 1. The van der Waals surface area contributed by atoms with Crippen LogP contribution in [0.5, 0.6) is 11.5 Å². The fraction of sp³-hybridized carbons (Fsp3) is 0.0435. The molecule has 0 atom stereocenters. The molecule has 0 unspecified atom stereocenters. The van der Waals surface area contributed by atoms with Crippen LogP contribution in [0.2, 0.25) is 0 Å². The Bertz CT molecular complexity index is 1260. The molecule has 0 aliphatic carbocycles. The van der Waals surface area contributed by atoms with Crippen LogP contribution in [-0.2, 0) is 0 Å². The number of esters is 1. The van der Waals surface area contributed by atoms with Crippen molar-refractivity contribution in [3.05, 3.63) is 93.1 Å². The van der Waals surface area contributed by atoms with Gasteiger partial charge in [0.05, 0.1) is 18.1 Å². The Kier molecular flexibility index (Phi) is 5.18. The second-order valence-electron chi connectivity index (χ2n) is 6.21. The maximum atomic E-state index is 13.1. The highest BCUT2D eigenvalue weighted by atomic mass is 79.9. The van der Waals surface area contributed by atoms with Crippen LogP contribution in [0.3, 0.4) is 0 Å². The molecular formula is C23H15BrO5. The standard InChI is InChI=1S/C23H15BrO5/c1-27-17-11-9-14(10-12-17)21-22(20(25)18-7-2-3-8-19(18)28-21)29-23(26)15-5-4-6-16(24)13-15/h2-13H,1H3. The van der Waals surface area contributed by atoms with E-state index in [2.05, 4.69) is 15.9 Å². The molecule has 0 amide bonds. The number of carbonyl (C=O) groups is 1. The van der Waals surface area contributed by atoms with E-state index in [4.69, 9.17) is 13.9 Å². The summed E-state index contributed by atoms with van der Waals surface area (Å²) in [7, 11) is 1.57. The van der Waals surface area contributed by atoms with Crippen molar-refractivity contribution in [2.45, 2.75) is 0 Å². The van der Waals surface area contributed by atoms with Crippen molar-refractivity contribution in [1.29, 1.82) is 0 Å². The van der Waals surface area contributed by atoms with Gasteiger partial charge in [-0.2, -0.15) is 0 Å². The summed E-state index contributed by atoms with van der Waals surface area (Å²) in [6.07, 6.45) is 0. The molecule has 0 spiro atoms. The first-order valence-corrected chi connectivity index (χ1v) is 9.54. The fourth-order valence-electron chi connectivity index (χ4n) is 2.92. The molecule has 0 radical (unpaired) electrons. The molecule has 144 valence electrons. The number of hydrogen-bond donors (Lipinski definition) is 0. The third-order valence-electron chi connectivity index (χ3n) is 4.36. The average Bonchev–Trinajstić information content (AvgIpc) is 2.75. The van der Waals surface area contributed by atoms with Gasteiger partial charge in [0.2, 0.25) is 11.2 Å².